The first-order valence-electron chi connectivity index (χ1n) is 10.9. The molecule has 2 amide bonds. The SMILES string of the molecule is Cc1nn(C)c2ncc(NC(=O)c3cccn3C3CCN(C(=O)OC(C)(C)C)CC3)cc12. The van der Waals surface area contributed by atoms with Crippen molar-refractivity contribution in [2.75, 3.05) is 18.4 Å². The maximum Gasteiger partial charge on any atom is 0.410 e. The molecule has 9 nitrogen and oxygen atoms in total. The Labute approximate surface area is 187 Å². The van der Waals surface area contributed by atoms with E-state index in [0.717, 1.165) is 29.6 Å². The molecule has 4 heterocycles. The van der Waals surface area contributed by atoms with Crippen molar-refractivity contribution in [1.82, 2.24) is 24.2 Å². The maximum atomic E-state index is 13.0. The van der Waals surface area contributed by atoms with Crippen LogP contribution in [0.4, 0.5) is 10.5 Å². The maximum absolute atomic E-state index is 13.0. The minimum Gasteiger partial charge on any atom is -0.444 e. The highest BCUT2D eigenvalue weighted by atomic mass is 16.6. The van der Waals surface area contributed by atoms with Gasteiger partial charge in [0, 0.05) is 37.8 Å². The minimum atomic E-state index is -0.508. The Balaban J connectivity index is 1.43. The topological polar surface area (TPSA) is 94.3 Å². The zero-order valence-electron chi connectivity index (χ0n) is 19.3. The lowest BCUT2D eigenvalue weighted by atomic mass is 10.0. The van der Waals surface area contributed by atoms with E-state index in [4.69, 9.17) is 4.74 Å². The van der Waals surface area contributed by atoms with Gasteiger partial charge in [0.1, 0.15) is 11.3 Å². The van der Waals surface area contributed by atoms with E-state index in [0.29, 0.717) is 24.5 Å². The predicted molar refractivity (Wildman–Crippen MR) is 122 cm³/mol. The van der Waals surface area contributed by atoms with Crippen LogP contribution in [0.15, 0.2) is 30.6 Å². The number of rotatable bonds is 3. The van der Waals surface area contributed by atoms with Gasteiger partial charge >= 0.3 is 6.09 Å². The predicted octanol–water partition coefficient (Wildman–Crippen LogP) is 3.90. The van der Waals surface area contributed by atoms with Gasteiger partial charge < -0.3 is 19.5 Å². The number of aromatic nitrogens is 4. The summed E-state index contributed by atoms with van der Waals surface area (Å²) in [4.78, 5) is 31.5. The molecule has 1 saturated heterocycles. The average molecular weight is 439 g/mol. The van der Waals surface area contributed by atoms with Crippen molar-refractivity contribution in [2.45, 2.75) is 52.2 Å². The first-order valence-corrected chi connectivity index (χ1v) is 10.9. The van der Waals surface area contributed by atoms with Gasteiger partial charge in [-0.15, -0.1) is 0 Å². The molecule has 1 aliphatic heterocycles. The number of amides is 2. The Morgan fingerprint density at radius 2 is 1.94 bits per heavy atom. The van der Waals surface area contributed by atoms with E-state index in [2.05, 4.69) is 15.4 Å². The van der Waals surface area contributed by atoms with Gasteiger partial charge in [-0.05, 0) is 58.7 Å². The summed E-state index contributed by atoms with van der Waals surface area (Å²) in [5.74, 6) is -0.188. The van der Waals surface area contributed by atoms with Crippen molar-refractivity contribution in [3.8, 4) is 0 Å². The van der Waals surface area contributed by atoms with E-state index in [9.17, 15) is 9.59 Å². The molecule has 4 rings (SSSR count). The van der Waals surface area contributed by atoms with Crippen molar-refractivity contribution >= 4 is 28.7 Å². The molecule has 0 aromatic carbocycles. The number of nitrogens with one attached hydrogen (secondary N) is 1. The fourth-order valence-electron chi connectivity index (χ4n) is 4.13. The number of hydrogen-bond donors (Lipinski definition) is 1. The first-order chi connectivity index (χ1) is 15.1. The Kier molecular flexibility index (Phi) is 5.66. The molecule has 0 aliphatic carbocycles. The second-order valence-corrected chi connectivity index (χ2v) is 9.26. The number of carbonyl (C=O) groups is 2. The molecule has 0 atom stereocenters. The zero-order valence-corrected chi connectivity index (χ0v) is 19.3. The van der Waals surface area contributed by atoms with Crippen LogP contribution in [0.25, 0.3) is 11.0 Å². The van der Waals surface area contributed by atoms with Crippen molar-refractivity contribution in [3.63, 3.8) is 0 Å². The minimum absolute atomic E-state index is 0.144. The monoisotopic (exact) mass is 438 g/mol. The van der Waals surface area contributed by atoms with E-state index >= 15 is 0 Å². The van der Waals surface area contributed by atoms with Crippen molar-refractivity contribution in [1.29, 1.82) is 0 Å². The van der Waals surface area contributed by atoms with Gasteiger partial charge in [-0.1, -0.05) is 0 Å². The van der Waals surface area contributed by atoms with Crippen LogP contribution in [-0.4, -0.2) is 54.9 Å². The first kappa shape index (κ1) is 21.9. The van der Waals surface area contributed by atoms with Crippen molar-refractivity contribution in [2.24, 2.45) is 7.05 Å². The molecule has 3 aromatic rings. The molecule has 170 valence electrons. The average Bonchev–Trinajstić information content (AvgIpc) is 3.32. The van der Waals surface area contributed by atoms with Crippen LogP contribution in [-0.2, 0) is 11.8 Å². The molecule has 0 radical (unpaired) electrons. The van der Waals surface area contributed by atoms with Gasteiger partial charge in [-0.2, -0.15) is 5.10 Å². The van der Waals surface area contributed by atoms with Crippen LogP contribution >= 0.6 is 0 Å². The Morgan fingerprint density at radius 1 is 1.22 bits per heavy atom. The van der Waals surface area contributed by atoms with Gasteiger partial charge in [-0.3, -0.25) is 9.48 Å². The summed E-state index contributed by atoms with van der Waals surface area (Å²) in [6, 6.07) is 5.74. The lowest BCUT2D eigenvalue weighted by Gasteiger charge is -2.34. The highest BCUT2D eigenvalue weighted by Gasteiger charge is 2.28. The van der Waals surface area contributed by atoms with Gasteiger partial charge in [0.2, 0.25) is 0 Å². The summed E-state index contributed by atoms with van der Waals surface area (Å²) in [5.41, 5.74) is 2.35. The van der Waals surface area contributed by atoms with Gasteiger partial charge in [0.15, 0.2) is 5.65 Å². The van der Waals surface area contributed by atoms with Crippen LogP contribution in [0.3, 0.4) is 0 Å². The highest BCUT2D eigenvalue weighted by Crippen LogP contribution is 2.26. The number of hydrogen-bond acceptors (Lipinski definition) is 5. The summed E-state index contributed by atoms with van der Waals surface area (Å²) >= 11 is 0. The number of piperidine rings is 1. The fourth-order valence-corrected chi connectivity index (χ4v) is 4.13. The number of nitrogens with zero attached hydrogens (tertiary/aromatic N) is 5. The van der Waals surface area contributed by atoms with Crippen molar-refractivity contribution in [3.05, 3.63) is 42.0 Å². The molecule has 0 spiro atoms. The molecule has 1 fully saturated rings. The second-order valence-electron chi connectivity index (χ2n) is 9.26. The summed E-state index contributed by atoms with van der Waals surface area (Å²) < 4.78 is 9.21. The Hall–Kier alpha value is -3.36. The van der Waals surface area contributed by atoms with Gasteiger partial charge in [-0.25, -0.2) is 9.78 Å². The van der Waals surface area contributed by atoms with Crippen LogP contribution in [0, 0.1) is 6.92 Å². The van der Waals surface area contributed by atoms with E-state index in [1.54, 1.807) is 15.8 Å². The largest absolute Gasteiger partial charge is 0.444 e. The number of aryl methyl sites for hydroxylation is 2. The normalized spacial score (nSPS) is 15.2. The molecular formula is C23H30N6O3. The van der Waals surface area contributed by atoms with E-state index < -0.39 is 5.60 Å². The van der Waals surface area contributed by atoms with E-state index in [1.165, 1.54) is 0 Å². The molecule has 0 bridgehead atoms. The molecule has 0 saturated carbocycles. The number of fused-ring (bicyclic) bond motifs is 1. The molecule has 1 N–H and O–H groups in total. The lowest BCUT2D eigenvalue weighted by molar-refractivity contribution is 0.0187. The summed E-state index contributed by atoms with van der Waals surface area (Å²) in [6.45, 7) is 8.71. The lowest BCUT2D eigenvalue weighted by Crippen LogP contribution is -2.42. The summed E-state index contributed by atoms with van der Waals surface area (Å²) in [5, 5.41) is 8.25. The second kappa shape index (κ2) is 8.29. The number of anilines is 1. The van der Waals surface area contributed by atoms with Crippen LogP contribution in [0.2, 0.25) is 0 Å². The van der Waals surface area contributed by atoms with Crippen LogP contribution < -0.4 is 5.32 Å². The zero-order chi connectivity index (χ0) is 23.0. The molecular weight excluding hydrogens is 408 g/mol. The number of likely N-dealkylation sites (tertiary alicyclic amines) is 1. The molecule has 3 aromatic heterocycles. The molecule has 1 aliphatic rings. The summed E-state index contributed by atoms with van der Waals surface area (Å²) in [7, 11) is 1.85. The molecule has 32 heavy (non-hydrogen) atoms. The van der Waals surface area contributed by atoms with Crippen molar-refractivity contribution < 1.29 is 14.3 Å². The third kappa shape index (κ3) is 4.46. The van der Waals surface area contributed by atoms with E-state index in [-0.39, 0.29) is 18.0 Å². The third-order valence-corrected chi connectivity index (χ3v) is 5.64. The van der Waals surface area contributed by atoms with Crippen LogP contribution in [0.5, 0.6) is 0 Å². The van der Waals surface area contributed by atoms with Crippen LogP contribution in [0.1, 0.15) is 55.8 Å². The number of carbonyl (C=O) groups excluding carboxylic acids is 2. The summed E-state index contributed by atoms with van der Waals surface area (Å²) in [6.07, 6.45) is 4.81. The fraction of sp³-hybridized carbons (Fsp3) is 0.478. The standard InChI is InChI=1S/C23H30N6O3/c1-15-18-13-16(14-24-20(18)27(5)26-15)25-21(30)19-7-6-10-29(19)17-8-11-28(12-9-17)22(31)32-23(2,3)4/h6-7,10,13-14,17H,8-9,11-12H2,1-5H3,(H,25,30). The highest BCUT2D eigenvalue weighted by molar-refractivity contribution is 6.04. The van der Waals surface area contributed by atoms with Gasteiger partial charge in [0.05, 0.1) is 17.6 Å². The van der Waals surface area contributed by atoms with E-state index in [1.807, 2.05) is 63.7 Å². The van der Waals surface area contributed by atoms with Gasteiger partial charge in [0.25, 0.3) is 5.91 Å². The smallest absolute Gasteiger partial charge is 0.410 e. The quantitative estimate of drug-likeness (QED) is 0.669. The Bertz CT molecular complexity index is 1150. The Morgan fingerprint density at radius 3 is 2.62 bits per heavy atom. The number of pyridine rings is 1. The number of ether oxygens (including phenoxy) is 1. The molecule has 0 unspecified atom stereocenters. The third-order valence-electron chi connectivity index (χ3n) is 5.64. The molecule has 9 heteroatoms.